The van der Waals surface area contributed by atoms with E-state index in [1.54, 1.807) is 7.11 Å². The Kier molecular flexibility index (Phi) is 7.95. The number of nitrogens with one attached hydrogen (secondary N) is 1. The minimum absolute atomic E-state index is 0. The quantitative estimate of drug-likeness (QED) is 0.808. The van der Waals surface area contributed by atoms with E-state index >= 15 is 0 Å². The molecule has 4 nitrogen and oxygen atoms in total. The molecule has 1 aliphatic heterocycles. The average molecular weight is 375 g/mol. The first-order valence-corrected chi connectivity index (χ1v) is 8.92. The number of rotatable bonds is 7. The maximum atomic E-state index is 12.9. The minimum Gasteiger partial charge on any atom is -0.497 e. The summed E-state index contributed by atoms with van der Waals surface area (Å²) in [6.45, 7) is 3.14. The van der Waals surface area contributed by atoms with Crippen LogP contribution in [0.5, 0.6) is 5.75 Å². The summed E-state index contributed by atoms with van der Waals surface area (Å²) >= 11 is 0. The summed E-state index contributed by atoms with van der Waals surface area (Å²) in [4.78, 5) is 14.9. The van der Waals surface area contributed by atoms with Crippen molar-refractivity contribution in [1.29, 1.82) is 0 Å². The first-order valence-electron chi connectivity index (χ1n) is 8.92. The molecule has 3 rings (SSSR count). The zero-order valence-corrected chi connectivity index (χ0v) is 16.0. The van der Waals surface area contributed by atoms with E-state index in [4.69, 9.17) is 4.74 Å². The van der Waals surface area contributed by atoms with E-state index in [9.17, 15) is 4.79 Å². The van der Waals surface area contributed by atoms with Crippen molar-refractivity contribution in [2.45, 2.75) is 19.4 Å². The number of hydrogen-bond donors (Lipinski definition) is 1. The molecule has 1 saturated heterocycles. The Bertz CT molecular complexity index is 670. The molecular formula is C21H27ClN2O2. The topological polar surface area (TPSA) is 41.6 Å². The lowest BCUT2D eigenvalue weighted by Gasteiger charge is -2.26. The van der Waals surface area contributed by atoms with Crippen LogP contribution in [0.4, 0.5) is 0 Å². The fourth-order valence-electron chi connectivity index (χ4n) is 3.25. The second-order valence-corrected chi connectivity index (χ2v) is 6.53. The van der Waals surface area contributed by atoms with Crippen molar-refractivity contribution in [2.75, 3.05) is 26.7 Å². The molecule has 0 radical (unpaired) electrons. The maximum absolute atomic E-state index is 12.9. The number of amides is 1. The summed E-state index contributed by atoms with van der Waals surface area (Å²) in [5.74, 6) is 1.24. The van der Waals surface area contributed by atoms with Crippen LogP contribution < -0.4 is 10.1 Å². The molecule has 1 amide bonds. The molecule has 5 heteroatoms. The highest BCUT2D eigenvalue weighted by molar-refractivity contribution is 5.85. The van der Waals surface area contributed by atoms with Gasteiger partial charge in [0, 0.05) is 19.6 Å². The van der Waals surface area contributed by atoms with Gasteiger partial charge in [-0.2, -0.15) is 0 Å². The monoisotopic (exact) mass is 374 g/mol. The smallest absolute Gasteiger partial charge is 0.227 e. The fraction of sp³-hybridized carbons (Fsp3) is 0.381. The Morgan fingerprint density at radius 2 is 1.85 bits per heavy atom. The van der Waals surface area contributed by atoms with Crippen molar-refractivity contribution in [3.8, 4) is 5.75 Å². The number of carbonyl (C=O) groups excluding carboxylic acids is 1. The third kappa shape index (κ3) is 5.48. The molecule has 2 aromatic carbocycles. The molecule has 140 valence electrons. The van der Waals surface area contributed by atoms with Crippen LogP contribution in [0.1, 0.15) is 17.5 Å². The molecule has 1 unspecified atom stereocenters. The van der Waals surface area contributed by atoms with Crippen molar-refractivity contribution in [3.63, 3.8) is 0 Å². The molecule has 2 aromatic rings. The van der Waals surface area contributed by atoms with Crippen molar-refractivity contribution >= 4 is 18.3 Å². The summed E-state index contributed by atoms with van der Waals surface area (Å²) in [5, 5.41) is 3.30. The largest absolute Gasteiger partial charge is 0.497 e. The Hall–Kier alpha value is -2.04. The van der Waals surface area contributed by atoms with Gasteiger partial charge in [-0.05, 0) is 42.6 Å². The number of ether oxygens (including phenoxy) is 1. The molecule has 1 atom stereocenters. The molecule has 0 aromatic heterocycles. The molecule has 1 aliphatic rings. The van der Waals surface area contributed by atoms with Crippen LogP contribution in [-0.2, 0) is 17.8 Å². The van der Waals surface area contributed by atoms with Gasteiger partial charge < -0.3 is 15.0 Å². The van der Waals surface area contributed by atoms with Gasteiger partial charge in [-0.3, -0.25) is 4.79 Å². The van der Waals surface area contributed by atoms with Crippen LogP contribution in [0.3, 0.4) is 0 Å². The fourth-order valence-corrected chi connectivity index (χ4v) is 3.25. The standard InChI is InChI=1S/C21H26N2O2.ClH/c1-25-20-9-7-17(8-10-20)12-14-23(16-18-5-3-2-4-6-18)21(24)19-11-13-22-15-19;/h2-10,19,22H,11-16H2,1H3;1H. The van der Waals surface area contributed by atoms with E-state index in [2.05, 4.69) is 29.6 Å². The second kappa shape index (κ2) is 10.2. The third-order valence-electron chi connectivity index (χ3n) is 4.77. The molecule has 0 aliphatic carbocycles. The van der Waals surface area contributed by atoms with Gasteiger partial charge in [0.05, 0.1) is 13.0 Å². The molecule has 0 saturated carbocycles. The number of halogens is 1. The Balaban J connectivity index is 0.00000243. The predicted octanol–water partition coefficient (Wildman–Crippen LogP) is 3.30. The lowest BCUT2D eigenvalue weighted by Crippen LogP contribution is -2.38. The summed E-state index contributed by atoms with van der Waals surface area (Å²) in [6, 6.07) is 18.3. The van der Waals surface area contributed by atoms with Gasteiger partial charge in [0.25, 0.3) is 0 Å². The van der Waals surface area contributed by atoms with E-state index in [-0.39, 0.29) is 24.2 Å². The maximum Gasteiger partial charge on any atom is 0.227 e. The van der Waals surface area contributed by atoms with Crippen LogP contribution in [-0.4, -0.2) is 37.6 Å². The summed E-state index contributed by atoms with van der Waals surface area (Å²) < 4.78 is 5.21. The van der Waals surface area contributed by atoms with Crippen LogP contribution in [0.2, 0.25) is 0 Å². The van der Waals surface area contributed by atoms with Gasteiger partial charge in [0.1, 0.15) is 5.75 Å². The number of methoxy groups -OCH3 is 1. The lowest BCUT2D eigenvalue weighted by molar-refractivity contribution is -0.135. The van der Waals surface area contributed by atoms with Gasteiger partial charge in [0.15, 0.2) is 0 Å². The second-order valence-electron chi connectivity index (χ2n) is 6.53. The van der Waals surface area contributed by atoms with E-state index in [1.807, 2.05) is 35.2 Å². The van der Waals surface area contributed by atoms with Crippen molar-refractivity contribution < 1.29 is 9.53 Å². The van der Waals surface area contributed by atoms with Gasteiger partial charge in [0.2, 0.25) is 5.91 Å². The van der Waals surface area contributed by atoms with Crippen LogP contribution >= 0.6 is 12.4 Å². The van der Waals surface area contributed by atoms with Crippen LogP contribution in [0, 0.1) is 5.92 Å². The average Bonchev–Trinajstić information content (AvgIpc) is 3.20. The molecule has 26 heavy (non-hydrogen) atoms. The molecule has 1 fully saturated rings. The zero-order chi connectivity index (χ0) is 17.5. The summed E-state index contributed by atoms with van der Waals surface area (Å²) in [6.07, 6.45) is 1.79. The highest BCUT2D eigenvalue weighted by Gasteiger charge is 2.27. The van der Waals surface area contributed by atoms with Gasteiger partial charge in [-0.1, -0.05) is 42.5 Å². The Morgan fingerprint density at radius 3 is 2.46 bits per heavy atom. The number of hydrogen-bond acceptors (Lipinski definition) is 3. The van der Waals surface area contributed by atoms with Crippen molar-refractivity contribution in [2.24, 2.45) is 5.92 Å². The summed E-state index contributed by atoms with van der Waals surface area (Å²) in [7, 11) is 1.67. The SMILES string of the molecule is COc1ccc(CCN(Cc2ccccc2)C(=O)C2CCNC2)cc1.Cl. The number of benzene rings is 2. The Labute approximate surface area is 162 Å². The van der Waals surface area contributed by atoms with E-state index in [0.29, 0.717) is 6.54 Å². The van der Waals surface area contributed by atoms with Crippen molar-refractivity contribution in [3.05, 3.63) is 65.7 Å². The molecular weight excluding hydrogens is 348 g/mol. The lowest BCUT2D eigenvalue weighted by atomic mass is 10.1. The predicted molar refractivity (Wildman–Crippen MR) is 107 cm³/mol. The van der Waals surface area contributed by atoms with Gasteiger partial charge in [-0.15, -0.1) is 12.4 Å². The van der Waals surface area contributed by atoms with E-state index in [1.165, 1.54) is 11.1 Å². The first-order chi connectivity index (χ1) is 12.3. The molecule has 0 spiro atoms. The minimum atomic E-state index is 0. The van der Waals surface area contributed by atoms with Crippen LogP contribution in [0.15, 0.2) is 54.6 Å². The molecule has 0 bridgehead atoms. The first kappa shape index (κ1) is 20.3. The number of carbonyl (C=O) groups is 1. The highest BCUT2D eigenvalue weighted by atomic mass is 35.5. The third-order valence-corrected chi connectivity index (χ3v) is 4.77. The van der Waals surface area contributed by atoms with Gasteiger partial charge in [-0.25, -0.2) is 0 Å². The highest BCUT2D eigenvalue weighted by Crippen LogP contribution is 2.17. The zero-order valence-electron chi connectivity index (χ0n) is 15.2. The summed E-state index contributed by atoms with van der Waals surface area (Å²) in [5.41, 5.74) is 2.40. The molecule has 1 heterocycles. The van der Waals surface area contributed by atoms with Crippen LogP contribution in [0.25, 0.3) is 0 Å². The van der Waals surface area contributed by atoms with Gasteiger partial charge >= 0.3 is 0 Å². The van der Waals surface area contributed by atoms with E-state index < -0.39 is 0 Å². The number of nitrogens with zero attached hydrogens (tertiary/aromatic N) is 1. The molecule has 1 N–H and O–H groups in total. The normalized spacial score (nSPS) is 16.0. The van der Waals surface area contributed by atoms with E-state index in [0.717, 1.165) is 38.2 Å². The Morgan fingerprint density at radius 1 is 1.12 bits per heavy atom. The van der Waals surface area contributed by atoms with Crippen molar-refractivity contribution in [1.82, 2.24) is 10.2 Å².